The lowest BCUT2D eigenvalue weighted by Crippen LogP contribution is -2.24. The minimum absolute atomic E-state index is 0.137. The Morgan fingerprint density at radius 3 is 2.70 bits per heavy atom. The van der Waals surface area contributed by atoms with Crippen LogP contribution in [0.4, 0.5) is 0 Å². The molecule has 0 atom stereocenters. The van der Waals surface area contributed by atoms with Crippen LogP contribution in [0, 0.1) is 12.8 Å². The van der Waals surface area contributed by atoms with Gasteiger partial charge in [-0.2, -0.15) is 0 Å². The van der Waals surface area contributed by atoms with Gasteiger partial charge in [-0.05, 0) is 57.0 Å². The molecule has 23 heavy (non-hydrogen) atoms. The Hall–Kier alpha value is -1.81. The molecule has 0 amide bonds. The monoisotopic (exact) mass is 314 g/mol. The van der Waals surface area contributed by atoms with E-state index < -0.39 is 0 Å². The number of benzene rings is 1. The Morgan fingerprint density at radius 1 is 1.26 bits per heavy atom. The van der Waals surface area contributed by atoms with Gasteiger partial charge < -0.3 is 9.72 Å². The van der Waals surface area contributed by atoms with Gasteiger partial charge in [0.1, 0.15) is 5.75 Å². The van der Waals surface area contributed by atoms with Crippen LogP contribution in [0.25, 0.3) is 10.9 Å². The van der Waals surface area contributed by atoms with E-state index in [2.05, 4.69) is 23.7 Å². The molecule has 0 aliphatic carbocycles. The summed E-state index contributed by atoms with van der Waals surface area (Å²) in [7, 11) is 0. The molecule has 0 radical (unpaired) electrons. The summed E-state index contributed by atoms with van der Waals surface area (Å²) in [6.45, 7) is 9.82. The molecule has 1 aromatic carbocycles. The maximum absolute atomic E-state index is 12.9. The van der Waals surface area contributed by atoms with Crippen molar-refractivity contribution in [2.24, 2.45) is 5.92 Å². The van der Waals surface area contributed by atoms with Crippen LogP contribution in [-0.4, -0.2) is 29.6 Å². The summed E-state index contributed by atoms with van der Waals surface area (Å²) in [6, 6.07) is 5.75. The number of nitrogens with zero attached hydrogens (tertiary/aromatic N) is 1. The third-order valence-electron chi connectivity index (χ3n) is 4.45. The van der Waals surface area contributed by atoms with Crippen LogP contribution in [0.15, 0.2) is 23.0 Å². The number of hydrogen-bond acceptors (Lipinski definition) is 3. The first-order valence-electron chi connectivity index (χ1n) is 8.55. The zero-order chi connectivity index (χ0) is 16.4. The van der Waals surface area contributed by atoms with E-state index >= 15 is 0 Å². The highest BCUT2D eigenvalue weighted by Gasteiger charge is 2.17. The molecule has 1 fully saturated rings. The summed E-state index contributed by atoms with van der Waals surface area (Å²) >= 11 is 0. The highest BCUT2D eigenvalue weighted by Crippen LogP contribution is 2.20. The van der Waals surface area contributed by atoms with Crippen LogP contribution >= 0.6 is 0 Å². The van der Waals surface area contributed by atoms with Gasteiger partial charge in [-0.3, -0.25) is 9.69 Å². The average molecular weight is 314 g/mol. The fourth-order valence-electron chi connectivity index (χ4n) is 3.14. The quantitative estimate of drug-likeness (QED) is 0.919. The number of likely N-dealkylation sites (tertiary alicyclic amines) is 1. The fourth-order valence-corrected chi connectivity index (χ4v) is 3.14. The van der Waals surface area contributed by atoms with E-state index in [9.17, 15) is 4.79 Å². The smallest absolute Gasteiger partial charge is 0.194 e. The molecule has 1 saturated heterocycles. The van der Waals surface area contributed by atoms with Crippen molar-refractivity contribution in [2.75, 3.05) is 19.7 Å². The maximum Gasteiger partial charge on any atom is 0.194 e. The summed E-state index contributed by atoms with van der Waals surface area (Å²) in [4.78, 5) is 18.7. The van der Waals surface area contributed by atoms with Crippen molar-refractivity contribution in [3.05, 3.63) is 39.7 Å². The second-order valence-electron chi connectivity index (χ2n) is 6.95. The summed E-state index contributed by atoms with van der Waals surface area (Å²) in [5, 5.41) is 0.728. The highest BCUT2D eigenvalue weighted by molar-refractivity contribution is 5.81. The Morgan fingerprint density at radius 2 is 2.00 bits per heavy atom. The predicted molar refractivity (Wildman–Crippen MR) is 94.1 cm³/mol. The molecule has 2 aromatic rings. The van der Waals surface area contributed by atoms with E-state index in [1.165, 1.54) is 12.8 Å². The van der Waals surface area contributed by atoms with E-state index in [1.54, 1.807) is 0 Å². The minimum atomic E-state index is 0.137. The first kappa shape index (κ1) is 16.1. The van der Waals surface area contributed by atoms with Crippen molar-refractivity contribution in [3.8, 4) is 5.75 Å². The maximum atomic E-state index is 12.9. The Bertz CT molecular complexity index is 743. The molecule has 0 spiro atoms. The number of aryl methyl sites for hydroxylation is 1. The standard InChI is InChI=1S/C19H26N2O2/c1-13(2)12-23-15-6-7-18-16(10-15)19(22)17(14(3)20-18)11-21-8-4-5-9-21/h6-7,10,13H,4-5,8-9,11-12H2,1-3H3,(H,20,22). The third-order valence-corrected chi connectivity index (χ3v) is 4.45. The molecule has 1 aliphatic rings. The van der Waals surface area contributed by atoms with E-state index in [-0.39, 0.29) is 5.43 Å². The molecule has 0 unspecified atom stereocenters. The lowest BCUT2D eigenvalue weighted by Gasteiger charge is -2.16. The van der Waals surface area contributed by atoms with E-state index in [0.717, 1.165) is 47.5 Å². The fraction of sp³-hybridized carbons (Fsp3) is 0.526. The van der Waals surface area contributed by atoms with E-state index in [0.29, 0.717) is 12.5 Å². The topological polar surface area (TPSA) is 45.3 Å². The van der Waals surface area contributed by atoms with Gasteiger partial charge in [-0.15, -0.1) is 0 Å². The van der Waals surface area contributed by atoms with Crippen LogP contribution in [0.3, 0.4) is 0 Å². The summed E-state index contributed by atoms with van der Waals surface area (Å²) in [5.41, 5.74) is 2.89. The average Bonchev–Trinajstić information content (AvgIpc) is 3.03. The van der Waals surface area contributed by atoms with Crippen LogP contribution in [-0.2, 0) is 6.54 Å². The van der Waals surface area contributed by atoms with Crippen LogP contribution in [0.2, 0.25) is 0 Å². The molecule has 4 nitrogen and oxygen atoms in total. The Kier molecular flexibility index (Phi) is 4.71. The molecule has 0 saturated carbocycles. The Labute approximate surface area is 137 Å². The minimum Gasteiger partial charge on any atom is -0.493 e. The molecule has 1 aliphatic heterocycles. The number of fused-ring (bicyclic) bond motifs is 1. The summed E-state index contributed by atoms with van der Waals surface area (Å²) < 4.78 is 5.77. The largest absolute Gasteiger partial charge is 0.493 e. The highest BCUT2D eigenvalue weighted by atomic mass is 16.5. The molecule has 1 aromatic heterocycles. The summed E-state index contributed by atoms with van der Waals surface area (Å²) in [5.74, 6) is 1.24. The Balaban J connectivity index is 1.95. The van der Waals surface area contributed by atoms with Crippen molar-refractivity contribution in [3.63, 3.8) is 0 Å². The van der Waals surface area contributed by atoms with Crippen LogP contribution in [0.5, 0.6) is 5.75 Å². The zero-order valence-electron chi connectivity index (χ0n) is 14.3. The van der Waals surface area contributed by atoms with Gasteiger partial charge in [0.05, 0.1) is 6.61 Å². The normalized spacial score (nSPS) is 15.7. The molecule has 4 heteroatoms. The van der Waals surface area contributed by atoms with Gasteiger partial charge in [0, 0.05) is 28.7 Å². The van der Waals surface area contributed by atoms with Crippen molar-refractivity contribution >= 4 is 10.9 Å². The molecular weight excluding hydrogens is 288 g/mol. The second-order valence-corrected chi connectivity index (χ2v) is 6.95. The molecule has 3 rings (SSSR count). The molecule has 2 heterocycles. The van der Waals surface area contributed by atoms with Gasteiger partial charge >= 0.3 is 0 Å². The number of aromatic amines is 1. The predicted octanol–water partition coefficient (Wildman–Crippen LogP) is 3.47. The number of pyridine rings is 1. The lowest BCUT2D eigenvalue weighted by molar-refractivity contribution is 0.271. The molecular formula is C19H26N2O2. The number of hydrogen-bond donors (Lipinski definition) is 1. The molecule has 0 bridgehead atoms. The molecule has 124 valence electrons. The van der Waals surface area contributed by atoms with Crippen LogP contribution in [0.1, 0.15) is 37.9 Å². The van der Waals surface area contributed by atoms with Gasteiger partial charge in [0.15, 0.2) is 5.43 Å². The first-order chi connectivity index (χ1) is 11.0. The van der Waals surface area contributed by atoms with Gasteiger partial charge in [-0.1, -0.05) is 13.8 Å². The van der Waals surface area contributed by atoms with Crippen molar-refractivity contribution < 1.29 is 4.74 Å². The number of rotatable bonds is 5. The van der Waals surface area contributed by atoms with Crippen molar-refractivity contribution in [1.29, 1.82) is 0 Å². The first-order valence-corrected chi connectivity index (χ1v) is 8.55. The van der Waals surface area contributed by atoms with Crippen molar-refractivity contribution in [1.82, 2.24) is 9.88 Å². The third kappa shape index (κ3) is 3.58. The number of nitrogens with one attached hydrogen (secondary N) is 1. The zero-order valence-corrected chi connectivity index (χ0v) is 14.3. The van der Waals surface area contributed by atoms with E-state index in [1.807, 2.05) is 25.1 Å². The lowest BCUT2D eigenvalue weighted by atomic mass is 10.1. The van der Waals surface area contributed by atoms with Gasteiger partial charge in [-0.25, -0.2) is 0 Å². The number of ether oxygens (including phenoxy) is 1. The van der Waals surface area contributed by atoms with E-state index in [4.69, 9.17) is 4.74 Å². The van der Waals surface area contributed by atoms with Crippen molar-refractivity contribution in [2.45, 2.75) is 40.2 Å². The number of aromatic nitrogens is 1. The molecule has 1 N–H and O–H groups in total. The number of H-pyrrole nitrogens is 1. The summed E-state index contributed by atoms with van der Waals surface area (Å²) in [6.07, 6.45) is 2.47. The second kappa shape index (κ2) is 6.75. The van der Waals surface area contributed by atoms with Gasteiger partial charge in [0.25, 0.3) is 0 Å². The SMILES string of the molecule is Cc1[nH]c2ccc(OCC(C)C)cc2c(=O)c1CN1CCCC1. The van der Waals surface area contributed by atoms with Crippen LogP contribution < -0.4 is 10.2 Å². The van der Waals surface area contributed by atoms with Gasteiger partial charge in [0.2, 0.25) is 0 Å².